The Kier molecular flexibility index (Phi) is 6.13. The first-order valence-electron chi connectivity index (χ1n) is 10.4. The van der Waals surface area contributed by atoms with Gasteiger partial charge in [0.2, 0.25) is 5.91 Å². The molecule has 2 aliphatic rings. The van der Waals surface area contributed by atoms with E-state index in [1.165, 1.54) is 0 Å². The summed E-state index contributed by atoms with van der Waals surface area (Å²) in [5, 5.41) is 3.38. The van der Waals surface area contributed by atoms with Gasteiger partial charge in [-0.05, 0) is 56.0 Å². The van der Waals surface area contributed by atoms with E-state index in [1.54, 1.807) is 6.07 Å². The summed E-state index contributed by atoms with van der Waals surface area (Å²) in [6.07, 6.45) is 2.59. The Hall–Kier alpha value is -2.73. The van der Waals surface area contributed by atoms with Gasteiger partial charge in [0, 0.05) is 13.1 Å². The van der Waals surface area contributed by atoms with Crippen molar-refractivity contribution in [1.29, 1.82) is 0 Å². The van der Waals surface area contributed by atoms with Crippen molar-refractivity contribution in [2.45, 2.75) is 32.3 Å². The minimum Gasteiger partial charge on any atom is -0.477 e. The molecule has 0 unspecified atom stereocenters. The van der Waals surface area contributed by atoms with E-state index in [0.29, 0.717) is 23.0 Å². The number of carbonyl (C=O) groups excluding carboxylic acids is 2. The second-order valence-electron chi connectivity index (χ2n) is 7.87. The van der Waals surface area contributed by atoms with Gasteiger partial charge < -0.3 is 19.9 Å². The van der Waals surface area contributed by atoms with E-state index in [-0.39, 0.29) is 18.4 Å². The molecule has 1 fully saturated rings. The van der Waals surface area contributed by atoms with Gasteiger partial charge in [0.1, 0.15) is 5.75 Å². The molecule has 0 radical (unpaired) electrons. The van der Waals surface area contributed by atoms with Gasteiger partial charge in [-0.1, -0.05) is 29.8 Å². The number of nitrogens with one attached hydrogen (secondary N) is 1. The number of fused-ring (bicyclic) bond motifs is 1. The summed E-state index contributed by atoms with van der Waals surface area (Å²) < 4.78 is 6.02. The molecule has 2 heterocycles. The smallest absolute Gasteiger partial charge is 0.265 e. The molecule has 1 N–H and O–H groups in total. The molecular formula is C23H26ClN3O3. The molecule has 30 heavy (non-hydrogen) atoms. The number of anilines is 2. The van der Waals surface area contributed by atoms with Crippen molar-refractivity contribution in [1.82, 2.24) is 4.90 Å². The van der Waals surface area contributed by atoms with Crippen LogP contribution in [0.5, 0.6) is 5.75 Å². The summed E-state index contributed by atoms with van der Waals surface area (Å²) in [4.78, 5) is 29.6. The summed E-state index contributed by atoms with van der Waals surface area (Å²) >= 11 is 6.25. The third-order valence-electron chi connectivity index (χ3n) is 5.54. The zero-order chi connectivity index (χ0) is 21.1. The monoisotopic (exact) mass is 427 g/mol. The molecule has 0 saturated carbocycles. The minimum atomic E-state index is -0.617. The molecule has 1 atom stereocenters. The highest BCUT2D eigenvalue weighted by molar-refractivity contribution is 6.33. The number of carbonyl (C=O) groups is 2. The molecule has 158 valence electrons. The second kappa shape index (κ2) is 8.96. The fourth-order valence-corrected chi connectivity index (χ4v) is 4.27. The molecule has 2 amide bonds. The van der Waals surface area contributed by atoms with Crippen LogP contribution in [0.2, 0.25) is 5.02 Å². The number of halogens is 1. The maximum atomic E-state index is 13.0. The van der Waals surface area contributed by atoms with Gasteiger partial charge in [-0.25, -0.2) is 0 Å². The van der Waals surface area contributed by atoms with Gasteiger partial charge in [-0.15, -0.1) is 0 Å². The molecule has 0 spiro atoms. The summed E-state index contributed by atoms with van der Waals surface area (Å²) in [6, 6.07) is 13.0. The van der Waals surface area contributed by atoms with Gasteiger partial charge in [0.25, 0.3) is 5.91 Å². The molecule has 2 aliphatic heterocycles. The van der Waals surface area contributed by atoms with Crippen LogP contribution in [0.4, 0.5) is 11.4 Å². The van der Waals surface area contributed by atoms with Crippen LogP contribution < -0.4 is 15.0 Å². The Labute approximate surface area is 181 Å². The number of nitrogens with zero attached hydrogens (tertiary/aromatic N) is 2. The standard InChI is InChI=1S/C23H26ClN3O3/c1-16-9-10-18(17(24)13-16)25-22(28)15-27-14-21(23(29)26-11-5-2-6-12-26)30-20-8-4-3-7-19(20)27/h3-4,7-10,13,21H,2,5-6,11-12,14-15H2,1H3,(H,25,28)/t21-/m1/s1. The van der Waals surface area contributed by atoms with Crippen LogP contribution in [-0.2, 0) is 9.59 Å². The van der Waals surface area contributed by atoms with Crippen molar-refractivity contribution in [3.63, 3.8) is 0 Å². The number of ether oxygens (including phenoxy) is 1. The summed E-state index contributed by atoms with van der Waals surface area (Å²) in [5.41, 5.74) is 2.42. The van der Waals surface area contributed by atoms with E-state index in [9.17, 15) is 9.59 Å². The van der Waals surface area contributed by atoms with E-state index in [4.69, 9.17) is 16.3 Å². The van der Waals surface area contributed by atoms with Crippen LogP contribution in [0, 0.1) is 6.92 Å². The molecule has 6 nitrogen and oxygen atoms in total. The number of amides is 2. The van der Waals surface area contributed by atoms with Crippen molar-refractivity contribution >= 4 is 34.8 Å². The average Bonchev–Trinajstić information content (AvgIpc) is 2.75. The van der Waals surface area contributed by atoms with Crippen LogP contribution in [0.3, 0.4) is 0 Å². The highest BCUT2D eigenvalue weighted by atomic mass is 35.5. The molecule has 2 aromatic carbocycles. The van der Waals surface area contributed by atoms with Crippen molar-refractivity contribution in [2.24, 2.45) is 0 Å². The van der Waals surface area contributed by atoms with E-state index < -0.39 is 6.10 Å². The maximum Gasteiger partial charge on any atom is 0.265 e. The number of benzene rings is 2. The first-order valence-corrected chi connectivity index (χ1v) is 10.7. The minimum absolute atomic E-state index is 0.00353. The van der Waals surface area contributed by atoms with Gasteiger partial charge in [-0.2, -0.15) is 0 Å². The third kappa shape index (κ3) is 4.54. The predicted octanol–water partition coefficient (Wildman–Crippen LogP) is 3.87. The van der Waals surface area contributed by atoms with Gasteiger partial charge >= 0.3 is 0 Å². The molecule has 7 heteroatoms. The van der Waals surface area contributed by atoms with Crippen molar-refractivity contribution in [3.05, 3.63) is 53.1 Å². The molecule has 0 aromatic heterocycles. The summed E-state index contributed by atoms with van der Waals surface area (Å²) in [5.74, 6) is 0.429. The number of hydrogen-bond acceptors (Lipinski definition) is 4. The van der Waals surface area contributed by atoms with E-state index in [0.717, 1.165) is 43.6 Å². The Balaban J connectivity index is 1.49. The third-order valence-corrected chi connectivity index (χ3v) is 5.85. The quantitative estimate of drug-likeness (QED) is 0.804. The Bertz CT molecular complexity index is 943. The van der Waals surface area contributed by atoms with Crippen LogP contribution in [0.1, 0.15) is 24.8 Å². The number of likely N-dealkylation sites (tertiary alicyclic amines) is 1. The number of rotatable bonds is 4. The largest absolute Gasteiger partial charge is 0.477 e. The Morgan fingerprint density at radius 3 is 2.67 bits per heavy atom. The van der Waals surface area contributed by atoms with E-state index in [1.807, 2.05) is 53.1 Å². The number of piperidine rings is 1. The summed E-state index contributed by atoms with van der Waals surface area (Å²) in [6.45, 7) is 3.93. The van der Waals surface area contributed by atoms with Gasteiger partial charge in [0.15, 0.2) is 6.10 Å². The van der Waals surface area contributed by atoms with E-state index in [2.05, 4.69) is 5.32 Å². The van der Waals surface area contributed by atoms with Crippen molar-refractivity contribution in [3.8, 4) is 5.75 Å². The SMILES string of the molecule is Cc1ccc(NC(=O)CN2C[C@H](C(=O)N3CCCCC3)Oc3ccccc32)c(Cl)c1. The molecule has 4 rings (SSSR count). The molecule has 0 aliphatic carbocycles. The highest BCUT2D eigenvalue weighted by Gasteiger charge is 2.34. The molecule has 2 aromatic rings. The Morgan fingerprint density at radius 2 is 1.90 bits per heavy atom. The van der Waals surface area contributed by atoms with Crippen LogP contribution in [0.25, 0.3) is 0 Å². The number of hydrogen-bond donors (Lipinski definition) is 1. The first kappa shape index (κ1) is 20.5. The maximum absolute atomic E-state index is 13.0. The molecular weight excluding hydrogens is 402 g/mol. The van der Waals surface area contributed by atoms with Gasteiger partial charge in [0.05, 0.1) is 29.5 Å². The number of para-hydroxylation sites is 2. The van der Waals surface area contributed by atoms with Crippen LogP contribution in [0.15, 0.2) is 42.5 Å². The topological polar surface area (TPSA) is 61.9 Å². The van der Waals surface area contributed by atoms with E-state index >= 15 is 0 Å². The number of aryl methyl sites for hydroxylation is 1. The fraction of sp³-hybridized carbons (Fsp3) is 0.391. The predicted molar refractivity (Wildman–Crippen MR) is 118 cm³/mol. The fourth-order valence-electron chi connectivity index (χ4n) is 3.99. The normalized spacial score (nSPS) is 18.4. The zero-order valence-corrected chi connectivity index (χ0v) is 17.8. The van der Waals surface area contributed by atoms with Crippen molar-refractivity contribution in [2.75, 3.05) is 36.4 Å². The zero-order valence-electron chi connectivity index (χ0n) is 17.1. The van der Waals surface area contributed by atoms with Crippen LogP contribution >= 0.6 is 11.6 Å². The Morgan fingerprint density at radius 1 is 1.13 bits per heavy atom. The second-order valence-corrected chi connectivity index (χ2v) is 8.28. The van der Waals surface area contributed by atoms with Crippen molar-refractivity contribution < 1.29 is 14.3 Å². The lowest BCUT2D eigenvalue weighted by Crippen LogP contribution is -2.52. The average molecular weight is 428 g/mol. The lowest BCUT2D eigenvalue weighted by Gasteiger charge is -2.38. The highest BCUT2D eigenvalue weighted by Crippen LogP contribution is 2.33. The van der Waals surface area contributed by atoms with Gasteiger partial charge in [-0.3, -0.25) is 9.59 Å². The lowest BCUT2D eigenvalue weighted by molar-refractivity contribution is -0.139. The molecule has 0 bridgehead atoms. The lowest BCUT2D eigenvalue weighted by atomic mass is 10.1. The first-order chi connectivity index (χ1) is 14.5. The summed E-state index contributed by atoms with van der Waals surface area (Å²) in [7, 11) is 0. The van der Waals surface area contributed by atoms with Crippen LogP contribution in [-0.4, -0.2) is 49.0 Å². The molecule has 1 saturated heterocycles.